The number of rotatable bonds is 6. The zero-order chi connectivity index (χ0) is 33.7. The summed E-state index contributed by atoms with van der Waals surface area (Å²) in [5.41, 5.74) is 15.5. The van der Waals surface area contributed by atoms with Gasteiger partial charge in [0.2, 0.25) is 0 Å². The van der Waals surface area contributed by atoms with Gasteiger partial charge in [0.15, 0.2) is 0 Å². The summed E-state index contributed by atoms with van der Waals surface area (Å²) in [7, 11) is 0. The average Bonchev–Trinajstić information content (AvgIpc) is 3.41. The maximum Gasteiger partial charge on any atom is 0.0621 e. The summed E-state index contributed by atoms with van der Waals surface area (Å²) in [5, 5.41) is 2.56. The van der Waals surface area contributed by atoms with Crippen LogP contribution >= 0.6 is 0 Å². The Labute approximate surface area is 296 Å². The summed E-state index contributed by atoms with van der Waals surface area (Å²) >= 11 is 0. The minimum absolute atomic E-state index is 0.106. The van der Waals surface area contributed by atoms with E-state index in [0.717, 1.165) is 0 Å². The lowest BCUT2D eigenvalue weighted by Gasteiger charge is -2.31. The zero-order valence-corrected chi connectivity index (χ0v) is 29.1. The second-order valence-corrected chi connectivity index (χ2v) is 14.8. The topological polar surface area (TPSA) is 3.24 Å². The molecule has 7 aromatic carbocycles. The molecule has 0 heterocycles. The molecule has 1 saturated carbocycles. The third kappa shape index (κ3) is 5.15. The van der Waals surface area contributed by atoms with Crippen LogP contribution in [-0.4, -0.2) is 0 Å². The summed E-state index contributed by atoms with van der Waals surface area (Å²) in [4.78, 5) is 2.57. The molecule has 1 heteroatoms. The van der Waals surface area contributed by atoms with E-state index in [2.05, 4.69) is 176 Å². The van der Waals surface area contributed by atoms with Gasteiger partial charge >= 0.3 is 0 Å². The van der Waals surface area contributed by atoms with E-state index in [9.17, 15) is 0 Å². The fourth-order valence-electron chi connectivity index (χ4n) is 8.87. The van der Waals surface area contributed by atoms with Gasteiger partial charge in [-0.1, -0.05) is 161 Å². The molecule has 2 aliphatic carbocycles. The first-order valence-electron chi connectivity index (χ1n) is 18.4. The van der Waals surface area contributed by atoms with Gasteiger partial charge in [0.05, 0.1) is 5.69 Å². The molecule has 0 aliphatic heterocycles. The number of nitrogens with zero attached hydrogens (tertiary/aromatic N) is 1. The third-order valence-electron chi connectivity index (χ3n) is 11.4. The molecule has 0 atom stereocenters. The molecular weight excluding hydrogens is 603 g/mol. The number of hydrogen-bond acceptors (Lipinski definition) is 1. The fourth-order valence-corrected chi connectivity index (χ4v) is 8.87. The van der Waals surface area contributed by atoms with Crippen LogP contribution in [0.25, 0.3) is 44.2 Å². The maximum absolute atomic E-state index is 2.57. The highest BCUT2D eigenvalue weighted by molar-refractivity contribution is 6.09. The van der Waals surface area contributed by atoms with Crippen LogP contribution in [0.4, 0.5) is 17.1 Å². The van der Waals surface area contributed by atoms with Gasteiger partial charge in [0, 0.05) is 27.7 Å². The molecule has 244 valence electrons. The molecule has 0 saturated heterocycles. The van der Waals surface area contributed by atoms with Gasteiger partial charge in [-0.25, -0.2) is 0 Å². The van der Waals surface area contributed by atoms with Crippen molar-refractivity contribution in [3.63, 3.8) is 0 Å². The number of fused-ring (bicyclic) bond motifs is 4. The van der Waals surface area contributed by atoms with Crippen molar-refractivity contribution in [3.05, 3.63) is 174 Å². The lowest BCUT2D eigenvalue weighted by atomic mass is 9.81. The number of benzene rings is 7. The highest BCUT2D eigenvalue weighted by atomic mass is 15.1. The Morgan fingerprint density at radius 3 is 1.90 bits per heavy atom. The lowest BCUT2D eigenvalue weighted by molar-refractivity contribution is 0.443. The van der Waals surface area contributed by atoms with Crippen LogP contribution in [0.1, 0.15) is 68.6 Å². The summed E-state index contributed by atoms with van der Waals surface area (Å²) in [6, 6.07) is 58.8. The van der Waals surface area contributed by atoms with Crippen molar-refractivity contribution in [1.82, 2.24) is 0 Å². The van der Waals surface area contributed by atoms with E-state index >= 15 is 0 Å². The molecule has 1 nitrogen and oxygen atoms in total. The van der Waals surface area contributed by atoms with Crippen LogP contribution in [0.15, 0.2) is 158 Å². The molecule has 0 radical (unpaired) electrons. The van der Waals surface area contributed by atoms with E-state index < -0.39 is 0 Å². The van der Waals surface area contributed by atoms with Crippen LogP contribution < -0.4 is 4.90 Å². The Hall–Kier alpha value is -5.40. The second kappa shape index (κ2) is 12.5. The Morgan fingerprint density at radius 2 is 1.14 bits per heavy atom. The Bertz CT molecular complexity index is 2320. The Morgan fingerprint density at radius 1 is 0.500 bits per heavy atom. The van der Waals surface area contributed by atoms with E-state index in [4.69, 9.17) is 0 Å². The highest BCUT2D eigenvalue weighted by Crippen LogP contribution is 2.56. The van der Waals surface area contributed by atoms with Crippen molar-refractivity contribution < 1.29 is 0 Å². The highest BCUT2D eigenvalue weighted by Gasteiger charge is 2.39. The largest absolute Gasteiger partial charge is 0.309 e. The van der Waals surface area contributed by atoms with Crippen molar-refractivity contribution in [2.45, 2.75) is 57.3 Å². The van der Waals surface area contributed by atoms with Gasteiger partial charge < -0.3 is 4.90 Å². The minimum Gasteiger partial charge on any atom is -0.309 e. The van der Waals surface area contributed by atoms with Crippen molar-refractivity contribution in [1.29, 1.82) is 0 Å². The van der Waals surface area contributed by atoms with Crippen molar-refractivity contribution in [3.8, 4) is 33.4 Å². The SMILES string of the molecule is CC1(C)c2ccccc2-c2c1cc1ccccc1c2N(c1ccc(-c2ccccc2-c2ccccc2)cc1)c1cccc(C2CCCCC2)c1. The van der Waals surface area contributed by atoms with E-state index in [-0.39, 0.29) is 5.41 Å². The molecule has 7 aromatic rings. The van der Waals surface area contributed by atoms with Crippen LogP contribution in [-0.2, 0) is 5.41 Å². The number of anilines is 3. The van der Waals surface area contributed by atoms with Crippen molar-refractivity contribution in [2.24, 2.45) is 0 Å². The Balaban J connectivity index is 1.27. The fraction of sp³-hybridized carbons (Fsp3) is 0.184. The quantitative estimate of drug-likeness (QED) is 0.174. The predicted octanol–water partition coefficient (Wildman–Crippen LogP) is 14.0. The van der Waals surface area contributed by atoms with E-state index in [0.29, 0.717) is 5.92 Å². The molecule has 0 amide bonds. The minimum atomic E-state index is -0.106. The third-order valence-corrected chi connectivity index (χ3v) is 11.4. The number of hydrogen-bond donors (Lipinski definition) is 0. The molecule has 0 spiro atoms. The van der Waals surface area contributed by atoms with Gasteiger partial charge in [-0.3, -0.25) is 0 Å². The molecule has 2 aliphatic rings. The average molecular weight is 646 g/mol. The maximum atomic E-state index is 2.57. The molecule has 1 fully saturated rings. The van der Waals surface area contributed by atoms with Gasteiger partial charge in [-0.15, -0.1) is 0 Å². The lowest BCUT2D eigenvalue weighted by Crippen LogP contribution is -2.16. The summed E-state index contributed by atoms with van der Waals surface area (Å²) in [5.74, 6) is 0.625. The normalized spacial score (nSPS) is 15.1. The van der Waals surface area contributed by atoms with Gasteiger partial charge in [0.1, 0.15) is 0 Å². The second-order valence-electron chi connectivity index (χ2n) is 14.8. The molecule has 0 aromatic heterocycles. The van der Waals surface area contributed by atoms with Crippen LogP contribution in [0.3, 0.4) is 0 Å². The summed E-state index contributed by atoms with van der Waals surface area (Å²) in [6.45, 7) is 4.78. The van der Waals surface area contributed by atoms with Crippen molar-refractivity contribution in [2.75, 3.05) is 4.90 Å². The van der Waals surface area contributed by atoms with E-state index in [1.807, 2.05) is 0 Å². The van der Waals surface area contributed by atoms with Gasteiger partial charge in [-0.2, -0.15) is 0 Å². The standard InChI is InChI=1S/C49H43N/c1-49(2)45-27-14-13-26-44(45)47-46(49)33-38-20-9-10-25-43(38)48(47)50(40-22-15-21-37(32-40)34-16-5-3-6-17-34)39-30-28-36(29-31-39)42-24-12-11-23-41(42)35-18-7-4-8-19-35/h4,7-15,18-34H,3,5-6,16-17H2,1-2H3. The first kappa shape index (κ1) is 30.6. The van der Waals surface area contributed by atoms with Gasteiger partial charge in [0.25, 0.3) is 0 Å². The zero-order valence-electron chi connectivity index (χ0n) is 29.1. The van der Waals surface area contributed by atoms with Crippen LogP contribution in [0.2, 0.25) is 0 Å². The summed E-state index contributed by atoms with van der Waals surface area (Å²) < 4.78 is 0. The van der Waals surface area contributed by atoms with Crippen LogP contribution in [0.5, 0.6) is 0 Å². The first-order chi connectivity index (χ1) is 24.6. The molecule has 9 rings (SSSR count). The van der Waals surface area contributed by atoms with Gasteiger partial charge in [-0.05, 0) is 99.0 Å². The first-order valence-corrected chi connectivity index (χ1v) is 18.4. The predicted molar refractivity (Wildman–Crippen MR) is 213 cm³/mol. The summed E-state index contributed by atoms with van der Waals surface area (Å²) in [6.07, 6.45) is 6.58. The molecular formula is C49H43N. The smallest absolute Gasteiger partial charge is 0.0621 e. The molecule has 50 heavy (non-hydrogen) atoms. The Kier molecular flexibility index (Phi) is 7.65. The molecule has 0 bridgehead atoms. The van der Waals surface area contributed by atoms with E-state index in [1.165, 1.54) is 110 Å². The van der Waals surface area contributed by atoms with Crippen molar-refractivity contribution >= 4 is 27.8 Å². The monoisotopic (exact) mass is 645 g/mol. The van der Waals surface area contributed by atoms with Crippen LogP contribution in [0, 0.1) is 0 Å². The molecule has 0 unspecified atom stereocenters. The molecule has 0 N–H and O–H groups in total. The van der Waals surface area contributed by atoms with E-state index in [1.54, 1.807) is 0 Å².